The Bertz CT molecular complexity index is 911. The Labute approximate surface area is 139 Å². The first-order chi connectivity index (χ1) is 11.5. The molecular formula is C13H12F3NO7S. The van der Waals surface area contributed by atoms with Crippen LogP contribution in [-0.4, -0.2) is 40.2 Å². The van der Waals surface area contributed by atoms with E-state index in [0.717, 1.165) is 13.0 Å². The monoisotopic (exact) mass is 383 g/mol. The van der Waals surface area contributed by atoms with Crippen molar-refractivity contribution in [3.8, 4) is 17.5 Å². The van der Waals surface area contributed by atoms with Gasteiger partial charge < -0.3 is 20.4 Å². The third-order valence-electron chi connectivity index (χ3n) is 3.28. The van der Waals surface area contributed by atoms with Crippen molar-refractivity contribution in [2.45, 2.75) is 18.2 Å². The highest BCUT2D eigenvalue weighted by Crippen LogP contribution is 2.34. The maximum Gasteiger partial charge on any atom is 0.363 e. The zero-order valence-electron chi connectivity index (χ0n) is 12.5. The molecule has 0 saturated carbocycles. The van der Waals surface area contributed by atoms with Crippen LogP contribution in [0.5, 0.6) is 17.5 Å². The number of hydrogen-bond acceptors (Lipinski definition) is 7. The molecule has 12 heteroatoms. The largest absolute Gasteiger partial charge is 0.504 e. The smallest absolute Gasteiger partial charge is 0.363 e. The van der Waals surface area contributed by atoms with Gasteiger partial charge in [0.2, 0.25) is 17.6 Å². The fourth-order valence-electron chi connectivity index (χ4n) is 1.99. The standard InChI is InChI=1S/C13H12F3NO7S/c1-5-8(14)12(10(16)9(15)11(5)20)25(22,23)24-17-7(19)4-6(2-3-18)13(17)21/h4,18-21H,2-3H2,1H3. The Morgan fingerprint density at radius 2 is 1.72 bits per heavy atom. The molecule has 0 unspecified atom stereocenters. The maximum atomic E-state index is 14.0. The van der Waals surface area contributed by atoms with Crippen LogP contribution in [0.4, 0.5) is 13.2 Å². The van der Waals surface area contributed by atoms with Gasteiger partial charge in [-0.05, 0) is 6.92 Å². The average Bonchev–Trinajstić information content (AvgIpc) is 2.78. The number of aromatic nitrogens is 1. The molecule has 0 bridgehead atoms. The van der Waals surface area contributed by atoms with Crippen molar-refractivity contribution in [1.29, 1.82) is 0 Å². The molecule has 0 aliphatic heterocycles. The Hall–Kier alpha value is -2.60. The van der Waals surface area contributed by atoms with Gasteiger partial charge >= 0.3 is 10.1 Å². The van der Waals surface area contributed by atoms with Crippen molar-refractivity contribution < 1.29 is 46.3 Å². The minimum atomic E-state index is -5.40. The van der Waals surface area contributed by atoms with Gasteiger partial charge in [-0.25, -0.2) is 8.78 Å². The quantitative estimate of drug-likeness (QED) is 0.559. The van der Waals surface area contributed by atoms with Gasteiger partial charge in [0.15, 0.2) is 22.3 Å². The molecule has 0 fully saturated rings. The molecule has 2 rings (SSSR count). The lowest BCUT2D eigenvalue weighted by atomic mass is 10.2. The summed E-state index contributed by atoms with van der Waals surface area (Å²) in [7, 11) is -5.40. The first kappa shape index (κ1) is 18.7. The number of phenols is 1. The first-order valence-electron chi connectivity index (χ1n) is 6.57. The molecule has 138 valence electrons. The van der Waals surface area contributed by atoms with E-state index in [-0.39, 0.29) is 16.7 Å². The van der Waals surface area contributed by atoms with Crippen molar-refractivity contribution in [1.82, 2.24) is 4.73 Å². The van der Waals surface area contributed by atoms with Crippen LogP contribution in [0.15, 0.2) is 11.0 Å². The summed E-state index contributed by atoms with van der Waals surface area (Å²) in [6.07, 6.45) is -0.189. The van der Waals surface area contributed by atoms with E-state index in [2.05, 4.69) is 4.28 Å². The van der Waals surface area contributed by atoms with Crippen LogP contribution in [0.25, 0.3) is 0 Å². The molecule has 2 aromatic rings. The van der Waals surface area contributed by atoms with Crippen LogP contribution in [0, 0.1) is 24.4 Å². The Kier molecular flexibility index (Phi) is 4.77. The predicted molar refractivity (Wildman–Crippen MR) is 75.0 cm³/mol. The fraction of sp³-hybridized carbons (Fsp3) is 0.231. The Morgan fingerprint density at radius 1 is 1.12 bits per heavy atom. The Morgan fingerprint density at radius 3 is 2.28 bits per heavy atom. The molecule has 8 nitrogen and oxygen atoms in total. The van der Waals surface area contributed by atoms with Crippen molar-refractivity contribution in [2.75, 3.05) is 6.61 Å². The summed E-state index contributed by atoms with van der Waals surface area (Å²) in [4.78, 5) is -1.85. The minimum absolute atomic E-state index is 0.0701. The number of aliphatic hydroxyl groups excluding tert-OH is 1. The second kappa shape index (κ2) is 6.37. The van der Waals surface area contributed by atoms with Gasteiger partial charge in [-0.2, -0.15) is 12.8 Å². The minimum Gasteiger partial charge on any atom is -0.504 e. The maximum absolute atomic E-state index is 14.0. The number of aromatic hydroxyl groups is 3. The highest BCUT2D eigenvalue weighted by atomic mass is 32.2. The number of hydrogen-bond donors (Lipinski definition) is 4. The molecule has 1 aromatic heterocycles. The summed E-state index contributed by atoms with van der Waals surface area (Å²) in [5, 5.41) is 37.3. The first-order valence-corrected chi connectivity index (χ1v) is 7.98. The van der Waals surface area contributed by atoms with E-state index in [1.165, 1.54) is 0 Å². The van der Waals surface area contributed by atoms with E-state index in [0.29, 0.717) is 0 Å². The third-order valence-corrected chi connectivity index (χ3v) is 4.48. The zero-order valence-corrected chi connectivity index (χ0v) is 13.3. The van der Waals surface area contributed by atoms with Crippen molar-refractivity contribution in [3.05, 3.63) is 34.6 Å². The lowest BCUT2D eigenvalue weighted by Gasteiger charge is -2.13. The highest BCUT2D eigenvalue weighted by molar-refractivity contribution is 7.87. The SMILES string of the molecule is Cc1c(O)c(F)c(F)c(S(=O)(=O)On2c(O)cc(CCO)c2O)c1F. The average molecular weight is 383 g/mol. The van der Waals surface area contributed by atoms with Gasteiger partial charge in [0, 0.05) is 30.2 Å². The molecule has 0 saturated heterocycles. The summed E-state index contributed by atoms with van der Waals surface area (Å²) in [5.41, 5.74) is -1.01. The van der Waals surface area contributed by atoms with E-state index in [1.807, 2.05) is 0 Å². The van der Waals surface area contributed by atoms with E-state index in [1.54, 1.807) is 0 Å². The molecule has 0 radical (unpaired) electrons. The topological polar surface area (TPSA) is 129 Å². The van der Waals surface area contributed by atoms with Gasteiger partial charge in [-0.15, -0.1) is 0 Å². The van der Waals surface area contributed by atoms with E-state index >= 15 is 0 Å². The van der Waals surface area contributed by atoms with E-state index < -0.39 is 62.1 Å². The molecule has 0 spiro atoms. The van der Waals surface area contributed by atoms with Crippen LogP contribution in [0.2, 0.25) is 0 Å². The van der Waals surface area contributed by atoms with Gasteiger partial charge in [0.05, 0.1) is 0 Å². The number of aliphatic hydroxyl groups is 1. The van der Waals surface area contributed by atoms with Crippen LogP contribution >= 0.6 is 0 Å². The molecule has 0 aliphatic carbocycles. The molecule has 0 atom stereocenters. The van der Waals surface area contributed by atoms with Crippen molar-refractivity contribution in [3.63, 3.8) is 0 Å². The summed E-state index contributed by atoms with van der Waals surface area (Å²) < 4.78 is 69.8. The molecular weight excluding hydrogens is 371 g/mol. The van der Waals surface area contributed by atoms with Crippen LogP contribution in [-0.2, 0) is 16.5 Å². The molecule has 1 heterocycles. The number of rotatable bonds is 5. The summed E-state index contributed by atoms with van der Waals surface area (Å²) in [6, 6.07) is 0.844. The summed E-state index contributed by atoms with van der Waals surface area (Å²) in [6.45, 7) is 0.339. The van der Waals surface area contributed by atoms with Crippen LogP contribution < -0.4 is 4.28 Å². The number of benzene rings is 1. The highest BCUT2D eigenvalue weighted by Gasteiger charge is 2.34. The number of halogens is 3. The van der Waals surface area contributed by atoms with Gasteiger partial charge in [-0.1, -0.05) is 4.73 Å². The van der Waals surface area contributed by atoms with E-state index in [4.69, 9.17) is 5.11 Å². The molecule has 0 amide bonds. The van der Waals surface area contributed by atoms with Gasteiger partial charge in [-0.3, -0.25) is 4.28 Å². The molecule has 25 heavy (non-hydrogen) atoms. The normalized spacial score (nSPS) is 11.7. The third kappa shape index (κ3) is 3.05. The second-order valence-electron chi connectivity index (χ2n) is 4.89. The van der Waals surface area contributed by atoms with Gasteiger partial charge in [0.25, 0.3) is 0 Å². The summed E-state index contributed by atoms with van der Waals surface area (Å²) in [5.74, 6) is -9.37. The lowest BCUT2D eigenvalue weighted by Crippen LogP contribution is -2.23. The molecule has 1 aromatic carbocycles. The number of nitrogens with zero attached hydrogens (tertiary/aromatic N) is 1. The fourth-order valence-corrected chi connectivity index (χ4v) is 3.09. The lowest BCUT2D eigenvalue weighted by molar-refractivity contribution is 0.199. The molecule has 0 aliphatic rings. The van der Waals surface area contributed by atoms with Crippen molar-refractivity contribution in [2.24, 2.45) is 0 Å². The number of phenolic OH excluding ortho intramolecular Hbond substituents is 1. The Balaban J connectivity index is 2.59. The second-order valence-corrected chi connectivity index (χ2v) is 6.36. The van der Waals surface area contributed by atoms with Crippen molar-refractivity contribution >= 4 is 10.1 Å². The summed E-state index contributed by atoms with van der Waals surface area (Å²) >= 11 is 0. The zero-order chi connectivity index (χ0) is 19.1. The van der Waals surface area contributed by atoms with E-state index in [9.17, 15) is 36.9 Å². The van der Waals surface area contributed by atoms with Crippen LogP contribution in [0.3, 0.4) is 0 Å². The predicted octanol–water partition coefficient (Wildman–Crippen LogP) is 0.683. The van der Waals surface area contributed by atoms with Gasteiger partial charge in [0.1, 0.15) is 0 Å². The van der Waals surface area contributed by atoms with Crippen LogP contribution in [0.1, 0.15) is 11.1 Å². The molecule has 4 N–H and O–H groups in total.